The van der Waals surface area contributed by atoms with Crippen LogP contribution in [0.25, 0.3) is 0 Å². The van der Waals surface area contributed by atoms with E-state index in [2.05, 4.69) is 4.98 Å². The predicted molar refractivity (Wildman–Crippen MR) is 43.9 cm³/mol. The van der Waals surface area contributed by atoms with Crippen LogP contribution in [-0.2, 0) is 4.79 Å². The second kappa shape index (κ2) is 4.30. The molecule has 1 N–H and O–H groups in total. The Kier molecular flexibility index (Phi) is 3.08. The molecule has 0 fully saturated rings. The third-order valence-electron chi connectivity index (χ3n) is 1.29. The van der Waals surface area contributed by atoms with Crippen molar-refractivity contribution in [2.45, 2.75) is 0 Å². The smallest absolute Gasteiger partial charge is 0.341 e. The highest BCUT2D eigenvalue weighted by Gasteiger charge is 2.05. The lowest BCUT2D eigenvalue weighted by Crippen LogP contribution is -2.10. The Hall–Kier alpha value is -1.78. The summed E-state index contributed by atoms with van der Waals surface area (Å²) in [7, 11) is 1.46. The molecule has 0 aliphatic rings. The zero-order valence-corrected chi connectivity index (χ0v) is 7.06. The van der Waals surface area contributed by atoms with Crippen molar-refractivity contribution in [1.82, 2.24) is 4.98 Å². The molecule has 0 saturated carbocycles. The van der Waals surface area contributed by atoms with E-state index in [1.807, 2.05) is 0 Å². The van der Waals surface area contributed by atoms with Crippen LogP contribution in [-0.4, -0.2) is 29.8 Å². The minimum atomic E-state index is -1.05. The van der Waals surface area contributed by atoms with E-state index in [1.54, 1.807) is 12.1 Å². The lowest BCUT2D eigenvalue weighted by Gasteiger charge is -2.06. The number of aliphatic carboxylic acids is 1. The number of methoxy groups -OCH3 is 1. The summed E-state index contributed by atoms with van der Waals surface area (Å²) in [6.07, 6.45) is 1.50. The minimum absolute atomic E-state index is 0.187. The van der Waals surface area contributed by atoms with Gasteiger partial charge in [0.15, 0.2) is 12.4 Å². The van der Waals surface area contributed by atoms with Crippen molar-refractivity contribution in [3.05, 3.63) is 18.3 Å². The Bertz CT molecular complexity index is 300. The van der Waals surface area contributed by atoms with Gasteiger partial charge in [0.1, 0.15) is 0 Å². The first-order valence-corrected chi connectivity index (χ1v) is 3.57. The maximum absolute atomic E-state index is 10.2. The van der Waals surface area contributed by atoms with E-state index in [-0.39, 0.29) is 5.88 Å². The quantitative estimate of drug-likeness (QED) is 0.738. The SMILES string of the molecule is COc1cccnc1OCC(=O)O. The Labute approximate surface area is 74.9 Å². The van der Waals surface area contributed by atoms with Gasteiger partial charge in [-0.15, -0.1) is 0 Å². The summed E-state index contributed by atoms with van der Waals surface area (Å²) >= 11 is 0. The van der Waals surface area contributed by atoms with Crippen LogP contribution < -0.4 is 9.47 Å². The summed E-state index contributed by atoms with van der Waals surface area (Å²) in [4.78, 5) is 14.0. The molecule has 0 radical (unpaired) electrons. The van der Waals surface area contributed by atoms with Crippen LogP contribution in [0, 0.1) is 0 Å². The molecule has 1 aromatic heterocycles. The number of hydrogen-bond donors (Lipinski definition) is 1. The number of carboxylic acid groups (broad SMARTS) is 1. The van der Waals surface area contributed by atoms with Crippen LogP contribution in [0.15, 0.2) is 18.3 Å². The Morgan fingerprint density at radius 1 is 1.69 bits per heavy atom. The number of hydrogen-bond acceptors (Lipinski definition) is 4. The molecule has 0 atom stereocenters. The minimum Gasteiger partial charge on any atom is -0.491 e. The number of pyridine rings is 1. The van der Waals surface area contributed by atoms with E-state index in [4.69, 9.17) is 14.6 Å². The maximum Gasteiger partial charge on any atom is 0.341 e. The topological polar surface area (TPSA) is 68.7 Å². The third kappa shape index (κ3) is 2.62. The van der Waals surface area contributed by atoms with Gasteiger partial charge in [0.2, 0.25) is 0 Å². The average Bonchev–Trinajstić information content (AvgIpc) is 2.15. The molecule has 0 amide bonds. The van der Waals surface area contributed by atoms with Crippen molar-refractivity contribution < 1.29 is 19.4 Å². The lowest BCUT2D eigenvalue weighted by molar-refractivity contribution is -0.139. The fourth-order valence-corrected chi connectivity index (χ4v) is 0.770. The fourth-order valence-electron chi connectivity index (χ4n) is 0.770. The summed E-state index contributed by atoms with van der Waals surface area (Å²) < 4.78 is 9.75. The van der Waals surface area contributed by atoms with Crippen molar-refractivity contribution >= 4 is 5.97 Å². The summed E-state index contributed by atoms with van der Waals surface area (Å²) in [5.41, 5.74) is 0. The maximum atomic E-state index is 10.2. The second-order valence-electron chi connectivity index (χ2n) is 2.19. The monoisotopic (exact) mass is 183 g/mol. The number of nitrogens with zero attached hydrogens (tertiary/aromatic N) is 1. The van der Waals surface area contributed by atoms with Gasteiger partial charge < -0.3 is 14.6 Å². The average molecular weight is 183 g/mol. The zero-order chi connectivity index (χ0) is 9.68. The first-order chi connectivity index (χ1) is 6.24. The highest BCUT2D eigenvalue weighted by Crippen LogP contribution is 2.22. The van der Waals surface area contributed by atoms with Gasteiger partial charge in [-0.05, 0) is 12.1 Å². The molecule has 0 aliphatic carbocycles. The molecule has 5 nitrogen and oxygen atoms in total. The molecule has 0 aliphatic heterocycles. The van der Waals surface area contributed by atoms with Crippen LogP contribution in [0.1, 0.15) is 0 Å². The zero-order valence-electron chi connectivity index (χ0n) is 7.06. The fraction of sp³-hybridized carbons (Fsp3) is 0.250. The Balaban J connectivity index is 2.69. The summed E-state index contributed by atoms with van der Waals surface area (Å²) in [5.74, 6) is -0.441. The number of rotatable bonds is 4. The Morgan fingerprint density at radius 2 is 2.46 bits per heavy atom. The predicted octanol–water partition coefficient (Wildman–Crippen LogP) is 0.554. The molecule has 70 valence electrons. The molecular weight excluding hydrogens is 174 g/mol. The third-order valence-corrected chi connectivity index (χ3v) is 1.29. The molecule has 0 saturated heterocycles. The van der Waals surface area contributed by atoms with Crippen LogP contribution in [0.5, 0.6) is 11.6 Å². The van der Waals surface area contributed by atoms with Crippen LogP contribution >= 0.6 is 0 Å². The molecule has 0 bridgehead atoms. The normalized spacial score (nSPS) is 9.31. The molecule has 0 aromatic carbocycles. The van der Waals surface area contributed by atoms with Gasteiger partial charge >= 0.3 is 5.97 Å². The molecule has 0 spiro atoms. The molecule has 5 heteroatoms. The number of aromatic nitrogens is 1. The number of ether oxygens (including phenoxy) is 2. The van der Waals surface area contributed by atoms with Crippen molar-refractivity contribution in [3.8, 4) is 11.6 Å². The van der Waals surface area contributed by atoms with Gasteiger partial charge in [-0.2, -0.15) is 0 Å². The van der Waals surface area contributed by atoms with Crippen LogP contribution in [0.3, 0.4) is 0 Å². The van der Waals surface area contributed by atoms with Gasteiger partial charge in [-0.1, -0.05) is 0 Å². The summed E-state index contributed by atoms with van der Waals surface area (Å²) in [6.45, 7) is -0.423. The van der Waals surface area contributed by atoms with Crippen molar-refractivity contribution in [2.24, 2.45) is 0 Å². The first kappa shape index (κ1) is 9.31. The van der Waals surface area contributed by atoms with Crippen LogP contribution in [0.2, 0.25) is 0 Å². The number of carbonyl (C=O) groups is 1. The molecule has 13 heavy (non-hydrogen) atoms. The van der Waals surface area contributed by atoms with Gasteiger partial charge in [0.05, 0.1) is 7.11 Å². The van der Waals surface area contributed by atoms with E-state index >= 15 is 0 Å². The summed E-state index contributed by atoms with van der Waals surface area (Å²) in [5, 5.41) is 8.34. The van der Waals surface area contributed by atoms with Gasteiger partial charge in [-0.3, -0.25) is 0 Å². The van der Waals surface area contributed by atoms with E-state index < -0.39 is 12.6 Å². The van der Waals surface area contributed by atoms with Gasteiger partial charge in [0.25, 0.3) is 5.88 Å². The van der Waals surface area contributed by atoms with Gasteiger partial charge in [-0.25, -0.2) is 9.78 Å². The Morgan fingerprint density at radius 3 is 3.08 bits per heavy atom. The second-order valence-corrected chi connectivity index (χ2v) is 2.19. The number of carboxylic acids is 1. The molecule has 1 heterocycles. The molecule has 1 aromatic rings. The molecular formula is C8H9NO4. The van der Waals surface area contributed by atoms with Crippen molar-refractivity contribution in [1.29, 1.82) is 0 Å². The first-order valence-electron chi connectivity index (χ1n) is 3.57. The van der Waals surface area contributed by atoms with E-state index in [1.165, 1.54) is 13.3 Å². The van der Waals surface area contributed by atoms with Crippen LogP contribution in [0.4, 0.5) is 0 Å². The standard InChI is InChI=1S/C8H9NO4/c1-12-6-3-2-4-9-8(6)13-5-7(10)11/h2-4H,5H2,1H3,(H,10,11). The lowest BCUT2D eigenvalue weighted by atomic mass is 10.4. The highest BCUT2D eigenvalue weighted by atomic mass is 16.5. The largest absolute Gasteiger partial charge is 0.491 e. The van der Waals surface area contributed by atoms with E-state index in [9.17, 15) is 4.79 Å². The van der Waals surface area contributed by atoms with Crippen molar-refractivity contribution in [2.75, 3.05) is 13.7 Å². The highest BCUT2D eigenvalue weighted by molar-refractivity contribution is 5.68. The van der Waals surface area contributed by atoms with Gasteiger partial charge in [0, 0.05) is 6.20 Å². The summed E-state index contributed by atoms with van der Waals surface area (Å²) in [6, 6.07) is 3.32. The van der Waals surface area contributed by atoms with Crippen molar-refractivity contribution in [3.63, 3.8) is 0 Å². The van der Waals surface area contributed by atoms with E-state index in [0.29, 0.717) is 5.75 Å². The molecule has 0 unspecified atom stereocenters. The van der Waals surface area contributed by atoms with E-state index in [0.717, 1.165) is 0 Å². The molecule has 1 rings (SSSR count).